The minimum atomic E-state index is -1.20. The van der Waals surface area contributed by atoms with Gasteiger partial charge >= 0.3 is 5.97 Å². The van der Waals surface area contributed by atoms with E-state index in [1.54, 1.807) is 6.07 Å². The summed E-state index contributed by atoms with van der Waals surface area (Å²) in [4.78, 5) is 24.9. The molecule has 0 saturated heterocycles. The second-order valence-electron chi connectivity index (χ2n) is 3.43. The highest BCUT2D eigenvalue weighted by Crippen LogP contribution is 2.23. The maximum Gasteiger partial charge on any atom is 0.337 e. The van der Waals surface area contributed by atoms with Crippen LogP contribution in [-0.2, 0) is 12.8 Å². The molecule has 0 amide bonds. The lowest BCUT2D eigenvalue weighted by atomic mass is 10.0. The van der Waals surface area contributed by atoms with Crippen LogP contribution in [0.2, 0.25) is 0 Å². The van der Waals surface area contributed by atoms with Gasteiger partial charge in [0.2, 0.25) is 0 Å². The molecule has 0 radical (unpaired) electrons. The summed E-state index contributed by atoms with van der Waals surface area (Å²) in [5, 5.41) is 17.7. The number of H-pyrrole nitrogens is 1. The molecule has 1 aromatic rings. The number of aromatic carboxylic acids is 1. The Morgan fingerprint density at radius 2 is 2.20 bits per heavy atom. The number of nitriles is 1. The topological polar surface area (TPSA) is 93.9 Å². The molecule has 0 saturated carbocycles. The van der Waals surface area contributed by atoms with Crippen LogP contribution < -0.4 is 5.56 Å². The Bertz CT molecular complexity index is 537. The highest BCUT2D eigenvalue weighted by atomic mass is 16.4. The van der Waals surface area contributed by atoms with Crippen LogP contribution in [-0.4, -0.2) is 16.1 Å². The fourth-order valence-corrected chi connectivity index (χ4v) is 1.96. The summed E-state index contributed by atoms with van der Waals surface area (Å²) in [6.45, 7) is 0. The molecule has 1 aliphatic rings. The predicted octanol–water partition coefficient (Wildman–Crippen LogP) is 0.433. The normalized spacial score (nSPS) is 13.3. The summed E-state index contributed by atoms with van der Waals surface area (Å²) in [6, 6.07) is 1.65. The lowest BCUT2D eigenvalue weighted by molar-refractivity contribution is 0.0695. The molecule has 1 aromatic heterocycles. The van der Waals surface area contributed by atoms with Gasteiger partial charge in [0, 0.05) is 5.69 Å². The summed E-state index contributed by atoms with van der Waals surface area (Å²) in [7, 11) is 0. The van der Waals surface area contributed by atoms with Crippen molar-refractivity contribution in [2.24, 2.45) is 0 Å². The lowest BCUT2D eigenvalue weighted by Crippen LogP contribution is -2.20. The molecule has 0 aromatic carbocycles. The largest absolute Gasteiger partial charge is 0.478 e. The maximum atomic E-state index is 11.4. The summed E-state index contributed by atoms with van der Waals surface area (Å²) in [5.41, 5.74) is 0.266. The van der Waals surface area contributed by atoms with Crippen LogP contribution in [0.15, 0.2) is 4.79 Å². The third-order valence-corrected chi connectivity index (χ3v) is 2.59. The Morgan fingerprint density at radius 3 is 2.80 bits per heavy atom. The van der Waals surface area contributed by atoms with Crippen LogP contribution in [0, 0.1) is 11.3 Å². The van der Waals surface area contributed by atoms with Gasteiger partial charge in [-0.15, -0.1) is 0 Å². The molecule has 1 heterocycles. The van der Waals surface area contributed by atoms with Crippen LogP contribution in [0.4, 0.5) is 0 Å². The van der Waals surface area contributed by atoms with Gasteiger partial charge in [-0.1, -0.05) is 0 Å². The number of aromatic nitrogens is 1. The van der Waals surface area contributed by atoms with E-state index in [0.29, 0.717) is 24.1 Å². The monoisotopic (exact) mass is 204 g/mol. The second kappa shape index (κ2) is 3.24. The number of fused-ring (bicyclic) bond motifs is 1. The van der Waals surface area contributed by atoms with Crippen molar-refractivity contribution in [1.82, 2.24) is 4.98 Å². The molecule has 0 bridgehead atoms. The zero-order valence-corrected chi connectivity index (χ0v) is 7.83. The quantitative estimate of drug-likeness (QED) is 0.693. The number of rotatable bonds is 1. The second-order valence-corrected chi connectivity index (χ2v) is 3.43. The van der Waals surface area contributed by atoms with Crippen LogP contribution in [0.1, 0.15) is 33.6 Å². The molecule has 5 nitrogen and oxygen atoms in total. The minimum Gasteiger partial charge on any atom is -0.478 e. The first-order valence-electron chi connectivity index (χ1n) is 4.56. The SMILES string of the molecule is N#Cc1c(C(=O)O)c2c([nH]c1=O)CCC2. The Kier molecular flexibility index (Phi) is 2.05. The summed E-state index contributed by atoms with van der Waals surface area (Å²) >= 11 is 0. The summed E-state index contributed by atoms with van der Waals surface area (Å²) in [5.74, 6) is -1.20. The van der Waals surface area contributed by atoms with E-state index in [-0.39, 0.29) is 11.1 Å². The van der Waals surface area contributed by atoms with Gasteiger partial charge in [0.15, 0.2) is 0 Å². The Balaban J connectivity index is 2.85. The number of aromatic amines is 1. The molecule has 2 rings (SSSR count). The predicted molar refractivity (Wildman–Crippen MR) is 50.8 cm³/mol. The van der Waals surface area contributed by atoms with Crippen molar-refractivity contribution in [2.75, 3.05) is 0 Å². The van der Waals surface area contributed by atoms with Crippen molar-refractivity contribution in [3.05, 3.63) is 32.7 Å². The molecule has 15 heavy (non-hydrogen) atoms. The van der Waals surface area contributed by atoms with Crippen LogP contribution in [0.25, 0.3) is 0 Å². The minimum absolute atomic E-state index is 0.117. The van der Waals surface area contributed by atoms with E-state index in [2.05, 4.69) is 4.98 Å². The number of aryl methyl sites for hydroxylation is 1. The molecule has 0 fully saturated rings. The third kappa shape index (κ3) is 1.31. The van der Waals surface area contributed by atoms with E-state index < -0.39 is 11.5 Å². The summed E-state index contributed by atoms with van der Waals surface area (Å²) in [6.07, 6.45) is 2.11. The zero-order chi connectivity index (χ0) is 11.0. The highest BCUT2D eigenvalue weighted by molar-refractivity contribution is 5.92. The number of pyridine rings is 1. The summed E-state index contributed by atoms with van der Waals surface area (Å²) < 4.78 is 0. The molecule has 0 spiro atoms. The fraction of sp³-hybridized carbons (Fsp3) is 0.300. The van der Waals surface area contributed by atoms with Gasteiger partial charge in [-0.05, 0) is 24.8 Å². The number of carboxylic acid groups (broad SMARTS) is 1. The Labute approximate surface area is 85.0 Å². The van der Waals surface area contributed by atoms with Crippen molar-refractivity contribution in [3.63, 3.8) is 0 Å². The van der Waals surface area contributed by atoms with Gasteiger partial charge in [0.25, 0.3) is 5.56 Å². The van der Waals surface area contributed by atoms with Gasteiger partial charge in [0.05, 0.1) is 5.56 Å². The third-order valence-electron chi connectivity index (χ3n) is 2.59. The first kappa shape index (κ1) is 9.46. The molecular formula is C10H8N2O3. The molecule has 76 valence electrons. The zero-order valence-electron chi connectivity index (χ0n) is 7.83. The smallest absolute Gasteiger partial charge is 0.337 e. The van der Waals surface area contributed by atoms with Gasteiger partial charge in [-0.3, -0.25) is 4.79 Å². The number of carbonyl (C=O) groups is 1. The molecule has 0 aliphatic heterocycles. The molecule has 0 unspecified atom stereocenters. The average molecular weight is 204 g/mol. The van der Waals surface area contributed by atoms with Crippen molar-refractivity contribution < 1.29 is 9.90 Å². The van der Waals surface area contributed by atoms with Gasteiger partial charge in [-0.2, -0.15) is 5.26 Å². The Hall–Kier alpha value is -2.09. The molecule has 0 atom stereocenters. The lowest BCUT2D eigenvalue weighted by Gasteiger charge is -2.04. The number of hydrogen-bond acceptors (Lipinski definition) is 3. The number of nitrogens with one attached hydrogen (secondary N) is 1. The van der Waals surface area contributed by atoms with Crippen molar-refractivity contribution in [2.45, 2.75) is 19.3 Å². The van der Waals surface area contributed by atoms with Gasteiger partial charge in [0.1, 0.15) is 11.6 Å². The van der Waals surface area contributed by atoms with E-state index in [1.807, 2.05) is 0 Å². The first-order valence-corrected chi connectivity index (χ1v) is 4.56. The van der Waals surface area contributed by atoms with E-state index in [9.17, 15) is 9.59 Å². The van der Waals surface area contributed by atoms with Gasteiger partial charge in [-0.25, -0.2) is 4.79 Å². The van der Waals surface area contributed by atoms with Crippen LogP contribution in [0.3, 0.4) is 0 Å². The molecular weight excluding hydrogens is 196 g/mol. The standard InChI is InChI=1S/C10H8N2O3/c11-4-6-8(10(14)15)5-2-1-3-7(5)12-9(6)13/h1-3H2,(H,12,13)(H,14,15). The fourth-order valence-electron chi connectivity index (χ4n) is 1.96. The molecule has 5 heteroatoms. The number of nitrogens with zero attached hydrogens (tertiary/aromatic N) is 1. The highest BCUT2D eigenvalue weighted by Gasteiger charge is 2.25. The Morgan fingerprint density at radius 1 is 1.47 bits per heavy atom. The van der Waals surface area contributed by atoms with E-state index in [0.717, 1.165) is 6.42 Å². The molecule has 1 aliphatic carbocycles. The van der Waals surface area contributed by atoms with Crippen LogP contribution in [0.5, 0.6) is 0 Å². The van der Waals surface area contributed by atoms with Gasteiger partial charge < -0.3 is 10.1 Å². The van der Waals surface area contributed by atoms with E-state index in [1.165, 1.54) is 0 Å². The van der Waals surface area contributed by atoms with E-state index in [4.69, 9.17) is 10.4 Å². The molecule has 2 N–H and O–H groups in total. The van der Waals surface area contributed by atoms with Crippen molar-refractivity contribution in [3.8, 4) is 6.07 Å². The average Bonchev–Trinajstić information content (AvgIpc) is 2.62. The maximum absolute atomic E-state index is 11.4. The van der Waals surface area contributed by atoms with Crippen molar-refractivity contribution >= 4 is 5.97 Å². The van der Waals surface area contributed by atoms with Crippen LogP contribution >= 0.6 is 0 Å². The number of carboxylic acids is 1. The van der Waals surface area contributed by atoms with E-state index >= 15 is 0 Å². The number of hydrogen-bond donors (Lipinski definition) is 2. The van der Waals surface area contributed by atoms with Crippen molar-refractivity contribution in [1.29, 1.82) is 5.26 Å². The first-order chi connectivity index (χ1) is 7.15.